The Morgan fingerprint density at radius 2 is 2.08 bits per heavy atom. The lowest BCUT2D eigenvalue weighted by atomic mass is 10.2. The molecule has 0 aliphatic heterocycles. The highest BCUT2D eigenvalue weighted by Gasteiger charge is 2.03. The molecule has 5 nitrogen and oxygen atoms in total. The van der Waals surface area contributed by atoms with Gasteiger partial charge in [-0.1, -0.05) is 11.6 Å². The molecule has 0 unspecified atom stereocenters. The van der Waals surface area contributed by atoms with Crippen LogP contribution in [0, 0.1) is 19.7 Å². The summed E-state index contributed by atoms with van der Waals surface area (Å²) in [5.41, 5.74) is 4.79. The fourth-order valence-corrected chi connectivity index (χ4v) is 2.34. The average molecular weight is 376 g/mol. The molecule has 2 aromatic heterocycles. The fourth-order valence-electron chi connectivity index (χ4n) is 2.13. The van der Waals surface area contributed by atoms with Gasteiger partial charge in [0.2, 0.25) is 0 Å². The summed E-state index contributed by atoms with van der Waals surface area (Å²) < 4.78 is 14.7. The van der Waals surface area contributed by atoms with Crippen LogP contribution >= 0.6 is 11.6 Å². The Kier molecular flexibility index (Phi) is 7.32. The van der Waals surface area contributed by atoms with Gasteiger partial charge in [-0.2, -0.15) is 0 Å². The van der Waals surface area contributed by atoms with Crippen LogP contribution in [0.25, 0.3) is 5.82 Å². The Labute approximate surface area is 156 Å². The van der Waals surface area contributed by atoms with Gasteiger partial charge in [-0.05, 0) is 61.9 Å². The molecule has 26 heavy (non-hydrogen) atoms. The maximum absolute atomic E-state index is 12.8. The lowest BCUT2D eigenvalue weighted by molar-refractivity contribution is -0.111. The number of anilines is 1. The molecule has 3 aromatic rings. The molecular weight excluding hydrogens is 357 g/mol. The standard InChI is InChI=1S/C10H9ClN2.C9H10FNO2/c1-8-4-3-7-13(8)10-9(11)5-2-6-12-10;1-7-6-8(2-3-9(7)10)11-13-5-4-12/h2-7H,1H3;2-4,6,11H,5H2,1H3. The smallest absolute Gasteiger partial charge is 0.155 e. The van der Waals surface area contributed by atoms with Crippen molar-refractivity contribution in [2.45, 2.75) is 13.8 Å². The van der Waals surface area contributed by atoms with Gasteiger partial charge < -0.3 is 9.36 Å². The first kappa shape index (κ1) is 19.6. The van der Waals surface area contributed by atoms with Gasteiger partial charge in [-0.25, -0.2) is 9.37 Å². The highest BCUT2D eigenvalue weighted by molar-refractivity contribution is 6.32. The van der Waals surface area contributed by atoms with Crippen molar-refractivity contribution < 1.29 is 14.0 Å². The Hall–Kier alpha value is -2.70. The number of aromatic nitrogens is 2. The summed E-state index contributed by atoms with van der Waals surface area (Å²) in [4.78, 5) is 18.8. The van der Waals surface area contributed by atoms with Gasteiger partial charge in [-0.15, -0.1) is 0 Å². The molecule has 0 saturated carbocycles. The minimum Gasteiger partial charge on any atom is -0.305 e. The van der Waals surface area contributed by atoms with Crippen molar-refractivity contribution in [3.8, 4) is 5.82 Å². The number of aryl methyl sites for hydroxylation is 2. The lowest BCUT2D eigenvalue weighted by Crippen LogP contribution is -2.03. The molecule has 2 heterocycles. The summed E-state index contributed by atoms with van der Waals surface area (Å²) >= 11 is 6.00. The van der Waals surface area contributed by atoms with Gasteiger partial charge in [-0.3, -0.25) is 10.3 Å². The van der Waals surface area contributed by atoms with Crippen molar-refractivity contribution in [2.75, 3.05) is 12.1 Å². The van der Waals surface area contributed by atoms with E-state index in [9.17, 15) is 9.18 Å². The topological polar surface area (TPSA) is 56.1 Å². The highest BCUT2D eigenvalue weighted by Crippen LogP contribution is 2.18. The molecule has 1 aromatic carbocycles. The zero-order chi connectivity index (χ0) is 18.9. The van der Waals surface area contributed by atoms with E-state index in [2.05, 4.69) is 10.5 Å². The van der Waals surface area contributed by atoms with Crippen LogP contribution in [0.1, 0.15) is 11.3 Å². The molecule has 0 fully saturated rings. The monoisotopic (exact) mass is 375 g/mol. The molecule has 0 spiro atoms. The zero-order valence-corrected chi connectivity index (χ0v) is 15.2. The number of aldehydes is 1. The quantitative estimate of drug-likeness (QED) is 0.405. The maximum atomic E-state index is 12.8. The minimum atomic E-state index is -0.263. The third kappa shape index (κ3) is 5.40. The van der Waals surface area contributed by atoms with E-state index < -0.39 is 0 Å². The number of carbonyl (C=O) groups excluding carboxylic acids is 1. The van der Waals surface area contributed by atoms with Crippen LogP contribution in [0.3, 0.4) is 0 Å². The van der Waals surface area contributed by atoms with Crippen molar-refractivity contribution in [1.82, 2.24) is 9.55 Å². The lowest BCUT2D eigenvalue weighted by Gasteiger charge is -2.05. The SMILES string of the molecule is Cc1cc(NOCC=O)ccc1F.Cc1cccn1-c1ncccc1Cl. The number of halogens is 2. The molecule has 136 valence electrons. The second-order valence-electron chi connectivity index (χ2n) is 5.37. The van der Waals surface area contributed by atoms with Crippen molar-refractivity contribution in [3.63, 3.8) is 0 Å². The highest BCUT2D eigenvalue weighted by atomic mass is 35.5. The third-order valence-corrected chi connectivity index (χ3v) is 3.71. The first-order valence-corrected chi connectivity index (χ1v) is 8.23. The van der Waals surface area contributed by atoms with Crippen LogP contribution in [0.4, 0.5) is 10.1 Å². The summed E-state index contributed by atoms with van der Waals surface area (Å²) in [5.74, 6) is 0.521. The van der Waals surface area contributed by atoms with Crippen LogP contribution in [0.15, 0.2) is 54.9 Å². The van der Waals surface area contributed by atoms with Crippen molar-refractivity contribution >= 4 is 23.6 Å². The summed E-state index contributed by atoms with van der Waals surface area (Å²) in [5, 5.41) is 0.668. The van der Waals surface area contributed by atoms with Gasteiger partial charge in [0.1, 0.15) is 18.7 Å². The van der Waals surface area contributed by atoms with Crippen LogP contribution in [-0.2, 0) is 9.63 Å². The van der Waals surface area contributed by atoms with Crippen LogP contribution in [0.5, 0.6) is 0 Å². The summed E-state index contributed by atoms with van der Waals surface area (Å²) in [7, 11) is 0. The molecular formula is C19H19ClFN3O2. The molecule has 0 saturated heterocycles. The predicted octanol–water partition coefficient (Wildman–Crippen LogP) is 4.51. The summed E-state index contributed by atoms with van der Waals surface area (Å²) in [6.45, 7) is 3.64. The molecule has 0 aliphatic carbocycles. The Morgan fingerprint density at radius 1 is 1.27 bits per heavy atom. The normalized spacial score (nSPS) is 10.0. The van der Waals surface area contributed by atoms with E-state index in [0.29, 0.717) is 22.6 Å². The first-order valence-electron chi connectivity index (χ1n) is 7.85. The number of nitrogens with zero attached hydrogens (tertiary/aromatic N) is 2. The number of nitrogens with one attached hydrogen (secondary N) is 1. The first-order chi connectivity index (χ1) is 12.5. The molecule has 3 rings (SSSR count). The van der Waals surface area contributed by atoms with E-state index >= 15 is 0 Å². The third-order valence-electron chi connectivity index (χ3n) is 3.42. The van der Waals surface area contributed by atoms with Gasteiger partial charge in [0.15, 0.2) is 5.82 Å². The van der Waals surface area contributed by atoms with Crippen LogP contribution in [0.2, 0.25) is 5.02 Å². The molecule has 0 atom stereocenters. The number of rotatable bonds is 5. The second kappa shape index (κ2) is 9.70. The Balaban J connectivity index is 0.000000187. The van der Waals surface area contributed by atoms with E-state index in [1.54, 1.807) is 19.2 Å². The minimum absolute atomic E-state index is 0.0313. The number of hydrogen-bond donors (Lipinski definition) is 1. The van der Waals surface area contributed by atoms with Crippen molar-refractivity contribution in [3.05, 3.63) is 77.0 Å². The summed E-state index contributed by atoms with van der Waals surface area (Å²) in [6.07, 6.45) is 4.31. The van der Waals surface area contributed by atoms with E-state index in [0.717, 1.165) is 11.5 Å². The van der Waals surface area contributed by atoms with Gasteiger partial charge in [0.05, 0.1) is 10.7 Å². The second-order valence-corrected chi connectivity index (χ2v) is 5.78. The van der Waals surface area contributed by atoms with Crippen molar-refractivity contribution in [1.29, 1.82) is 0 Å². The number of carbonyl (C=O) groups is 1. The molecule has 0 bridgehead atoms. The van der Waals surface area contributed by atoms with Crippen LogP contribution in [-0.4, -0.2) is 22.4 Å². The number of pyridine rings is 1. The predicted molar refractivity (Wildman–Crippen MR) is 100 cm³/mol. The molecule has 0 radical (unpaired) electrons. The van der Waals surface area contributed by atoms with Gasteiger partial charge in [0.25, 0.3) is 0 Å². The maximum Gasteiger partial charge on any atom is 0.155 e. The molecule has 0 aliphatic rings. The van der Waals surface area contributed by atoms with Gasteiger partial charge in [0, 0.05) is 18.1 Å². The largest absolute Gasteiger partial charge is 0.305 e. The fraction of sp³-hybridized carbons (Fsp3) is 0.158. The van der Waals surface area contributed by atoms with E-state index in [-0.39, 0.29) is 12.4 Å². The van der Waals surface area contributed by atoms with E-state index in [1.165, 1.54) is 12.1 Å². The number of benzene rings is 1. The van der Waals surface area contributed by atoms with Crippen molar-refractivity contribution in [2.24, 2.45) is 0 Å². The average Bonchev–Trinajstić information content (AvgIpc) is 3.05. The Morgan fingerprint density at radius 3 is 2.69 bits per heavy atom. The molecule has 0 amide bonds. The van der Waals surface area contributed by atoms with Gasteiger partial charge >= 0.3 is 0 Å². The molecule has 1 N–H and O–H groups in total. The van der Waals surface area contributed by atoms with E-state index in [1.807, 2.05) is 42.0 Å². The van der Waals surface area contributed by atoms with E-state index in [4.69, 9.17) is 16.4 Å². The molecule has 7 heteroatoms. The number of hydrogen-bond acceptors (Lipinski definition) is 4. The Bertz CT molecular complexity index is 867. The summed E-state index contributed by atoms with van der Waals surface area (Å²) in [6, 6.07) is 12.1. The zero-order valence-electron chi connectivity index (χ0n) is 14.4. The van der Waals surface area contributed by atoms with Crippen LogP contribution < -0.4 is 5.48 Å².